The molecule has 5 heteroatoms. The van der Waals surface area contributed by atoms with E-state index in [0.717, 1.165) is 10.5 Å². The molecule has 23 heavy (non-hydrogen) atoms. The van der Waals surface area contributed by atoms with E-state index in [2.05, 4.69) is 5.32 Å². The fraction of sp³-hybridized carbons (Fsp3) is 0.222. The van der Waals surface area contributed by atoms with Gasteiger partial charge in [0.1, 0.15) is 0 Å². The summed E-state index contributed by atoms with van der Waals surface area (Å²) in [6.07, 6.45) is 0. The number of anilines is 1. The minimum atomic E-state index is -0.0649. The molecule has 2 rings (SSSR count). The maximum absolute atomic E-state index is 12.0. The van der Waals surface area contributed by atoms with Crippen molar-refractivity contribution in [1.82, 2.24) is 4.90 Å². The molecule has 0 saturated carbocycles. The summed E-state index contributed by atoms with van der Waals surface area (Å²) in [6, 6.07) is 14.9. The summed E-state index contributed by atoms with van der Waals surface area (Å²) in [6.45, 7) is 2.03. The van der Waals surface area contributed by atoms with Crippen molar-refractivity contribution >= 4 is 29.3 Å². The predicted molar refractivity (Wildman–Crippen MR) is 95.0 cm³/mol. The van der Waals surface area contributed by atoms with E-state index in [1.807, 2.05) is 31.2 Å². The van der Waals surface area contributed by atoms with Gasteiger partial charge in [-0.25, -0.2) is 0 Å². The maximum Gasteiger partial charge on any atom is 0.253 e. The van der Waals surface area contributed by atoms with Crippen LogP contribution in [-0.4, -0.2) is 36.6 Å². The molecule has 4 nitrogen and oxygen atoms in total. The highest BCUT2D eigenvalue weighted by Crippen LogP contribution is 2.22. The Morgan fingerprint density at radius 2 is 1.70 bits per heavy atom. The highest BCUT2D eigenvalue weighted by atomic mass is 32.2. The average Bonchev–Trinajstić information content (AvgIpc) is 2.54. The van der Waals surface area contributed by atoms with E-state index in [1.165, 1.54) is 16.7 Å². The van der Waals surface area contributed by atoms with Crippen molar-refractivity contribution in [3.05, 3.63) is 59.7 Å². The molecule has 0 aliphatic heterocycles. The summed E-state index contributed by atoms with van der Waals surface area (Å²) in [7, 11) is 3.42. The number of carbonyl (C=O) groups is 2. The lowest BCUT2D eigenvalue weighted by atomic mass is 10.2. The number of thioether (sulfide) groups is 1. The van der Waals surface area contributed by atoms with Crippen molar-refractivity contribution in [3.8, 4) is 0 Å². The average molecular weight is 328 g/mol. The van der Waals surface area contributed by atoms with Gasteiger partial charge in [-0.3, -0.25) is 9.59 Å². The Hall–Kier alpha value is -2.27. The molecule has 0 heterocycles. The van der Waals surface area contributed by atoms with Crippen molar-refractivity contribution in [1.29, 1.82) is 0 Å². The Morgan fingerprint density at radius 3 is 2.30 bits per heavy atom. The number of benzene rings is 2. The SMILES string of the molecule is Cc1ccccc1SCC(=O)Nc1ccc(C(=O)N(C)C)cc1. The summed E-state index contributed by atoms with van der Waals surface area (Å²) in [4.78, 5) is 26.4. The van der Waals surface area contributed by atoms with Crippen LogP contribution in [0, 0.1) is 6.92 Å². The molecule has 0 aliphatic carbocycles. The summed E-state index contributed by atoms with van der Waals surface area (Å²) >= 11 is 1.51. The number of nitrogens with zero attached hydrogens (tertiary/aromatic N) is 1. The van der Waals surface area contributed by atoms with Crippen LogP contribution in [0.25, 0.3) is 0 Å². The van der Waals surface area contributed by atoms with Gasteiger partial charge in [-0.15, -0.1) is 11.8 Å². The molecule has 0 bridgehead atoms. The first kappa shape index (κ1) is 17.1. The zero-order valence-corrected chi connectivity index (χ0v) is 14.3. The van der Waals surface area contributed by atoms with Crippen molar-refractivity contribution in [2.75, 3.05) is 25.2 Å². The first-order valence-corrected chi connectivity index (χ1v) is 8.26. The maximum atomic E-state index is 12.0. The molecule has 0 radical (unpaired) electrons. The normalized spacial score (nSPS) is 10.2. The Labute approximate surface area is 140 Å². The molecule has 1 N–H and O–H groups in total. The molecular formula is C18H20N2O2S. The number of amides is 2. The van der Waals surface area contributed by atoms with Crippen LogP contribution in [0.4, 0.5) is 5.69 Å². The van der Waals surface area contributed by atoms with Gasteiger partial charge in [0.25, 0.3) is 5.91 Å². The Bertz CT molecular complexity index is 696. The van der Waals surface area contributed by atoms with Crippen LogP contribution in [0.15, 0.2) is 53.4 Å². The van der Waals surface area contributed by atoms with E-state index >= 15 is 0 Å². The summed E-state index contributed by atoms with van der Waals surface area (Å²) < 4.78 is 0. The summed E-state index contributed by atoms with van der Waals surface area (Å²) in [5.74, 6) is 0.228. The van der Waals surface area contributed by atoms with E-state index in [4.69, 9.17) is 0 Å². The lowest BCUT2D eigenvalue weighted by Crippen LogP contribution is -2.21. The largest absolute Gasteiger partial charge is 0.345 e. The van der Waals surface area contributed by atoms with E-state index in [0.29, 0.717) is 17.0 Å². The van der Waals surface area contributed by atoms with Crippen molar-refractivity contribution in [3.63, 3.8) is 0 Å². The second-order valence-corrected chi connectivity index (χ2v) is 6.40. The molecule has 0 spiro atoms. The van der Waals surface area contributed by atoms with Crippen LogP contribution in [0.3, 0.4) is 0 Å². The van der Waals surface area contributed by atoms with Gasteiger partial charge in [-0.2, -0.15) is 0 Å². The minimum Gasteiger partial charge on any atom is -0.345 e. The second kappa shape index (κ2) is 7.83. The van der Waals surface area contributed by atoms with Gasteiger partial charge >= 0.3 is 0 Å². The molecule has 2 aromatic rings. The van der Waals surface area contributed by atoms with Gasteiger partial charge in [0.05, 0.1) is 5.75 Å². The third kappa shape index (κ3) is 4.86. The Morgan fingerprint density at radius 1 is 1.04 bits per heavy atom. The van der Waals surface area contributed by atoms with E-state index < -0.39 is 0 Å². The molecule has 0 aliphatic rings. The zero-order valence-electron chi connectivity index (χ0n) is 13.5. The third-order valence-electron chi connectivity index (χ3n) is 3.27. The van der Waals surface area contributed by atoms with Crippen molar-refractivity contribution in [2.45, 2.75) is 11.8 Å². The number of aryl methyl sites for hydroxylation is 1. The topological polar surface area (TPSA) is 49.4 Å². The van der Waals surface area contributed by atoms with Crippen LogP contribution in [0.1, 0.15) is 15.9 Å². The second-order valence-electron chi connectivity index (χ2n) is 5.38. The van der Waals surface area contributed by atoms with Crippen LogP contribution >= 0.6 is 11.8 Å². The molecule has 2 aromatic carbocycles. The highest BCUT2D eigenvalue weighted by molar-refractivity contribution is 8.00. The van der Waals surface area contributed by atoms with Gasteiger partial charge < -0.3 is 10.2 Å². The number of hydrogen-bond donors (Lipinski definition) is 1. The van der Waals surface area contributed by atoms with Crippen LogP contribution in [0.5, 0.6) is 0 Å². The minimum absolute atomic E-state index is 0.0574. The Kier molecular flexibility index (Phi) is 5.82. The lowest BCUT2D eigenvalue weighted by molar-refractivity contribution is -0.113. The first-order chi connectivity index (χ1) is 11.0. The molecule has 0 fully saturated rings. The summed E-state index contributed by atoms with van der Waals surface area (Å²) in [5, 5.41) is 2.84. The highest BCUT2D eigenvalue weighted by Gasteiger charge is 2.09. The van der Waals surface area contributed by atoms with Gasteiger partial charge in [0.15, 0.2) is 0 Å². The van der Waals surface area contributed by atoms with Crippen molar-refractivity contribution in [2.24, 2.45) is 0 Å². The van der Waals surface area contributed by atoms with E-state index in [1.54, 1.807) is 38.4 Å². The van der Waals surface area contributed by atoms with E-state index in [9.17, 15) is 9.59 Å². The molecular weight excluding hydrogens is 308 g/mol. The first-order valence-electron chi connectivity index (χ1n) is 7.27. The van der Waals surface area contributed by atoms with Crippen molar-refractivity contribution < 1.29 is 9.59 Å². The van der Waals surface area contributed by atoms with Gasteiger partial charge in [-0.05, 0) is 42.8 Å². The number of hydrogen-bond acceptors (Lipinski definition) is 3. The Balaban J connectivity index is 1.90. The van der Waals surface area contributed by atoms with Crippen LogP contribution in [-0.2, 0) is 4.79 Å². The van der Waals surface area contributed by atoms with Crippen LogP contribution < -0.4 is 5.32 Å². The molecule has 0 aromatic heterocycles. The number of carbonyl (C=O) groups excluding carboxylic acids is 2. The predicted octanol–water partition coefficient (Wildman–Crippen LogP) is 3.43. The molecule has 120 valence electrons. The van der Waals surface area contributed by atoms with Gasteiger partial charge in [-0.1, -0.05) is 18.2 Å². The quantitative estimate of drug-likeness (QED) is 0.856. The standard InChI is InChI=1S/C18H20N2O2S/c1-13-6-4-5-7-16(13)23-12-17(21)19-15-10-8-14(9-11-15)18(22)20(2)3/h4-11H,12H2,1-3H3,(H,19,21). The van der Waals surface area contributed by atoms with Gasteiger partial charge in [0, 0.05) is 30.2 Å². The number of rotatable bonds is 5. The molecule has 0 atom stereocenters. The summed E-state index contributed by atoms with van der Waals surface area (Å²) in [5.41, 5.74) is 2.45. The molecule has 2 amide bonds. The smallest absolute Gasteiger partial charge is 0.253 e. The van der Waals surface area contributed by atoms with Gasteiger partial charge in [0.2, 0.25) is 5.91 Å². The van der Waals surface area contributed by atoms with Crippen LogP contribution in [0.2, 0.25) is 0 Å². The third-order valence-corrected chi connectivity index (χ3v) is 4.45. The fourth-order valence-electron chi connectivity index (χ4n) is 2.01. The zero-order chi connectivity index (χ0) is 16.8. The fourth-order valence-corrected chi connectivity index (χ4v) is 2.84. The monoisotopic (exact) mass is 328 g/mol. The lowest BCUT2D eigenvalue weighted by Gasteiger charge is -2.11. The molecule has 0 saturated heterocycles. The number of nitrogens with one attached hydrogen (secondary N) is 1. The van der Waals surface area contributed by atoms with E-state index in [-0.39, 0.29) is 11.8 Å². The molecule has 0 unspecified atom stereocenters.